The molecule has 0 unspecified atom stereocenters. The second-order valence-corrected chi connectivity index (χ2v) is 7.50. The highest BCUT2D eigenvalue weighted by Gasteiger charge is 2.19. The third-order valence-corrected chi connectivity index (χ3v) is 4.89. The lowest BCUT2D eigenvalue weighted by Gasteiger charge is -2.17. The molecule has 0 aliphatic rings. The fourth-order valence-electron chi connectivity index (χ4n) is 2.22. The monoisotopic (exact) mass is 396 g/mol. The third-order valence-electron chi connectivity index (χ3n) is 3.34. The Hall–Kier alpha value is -1.90. The maximum atomic E-state index is 12.6. The van der Waals surface area contributed by atoms with E-state index in [1.165, 1.54) is 11.3 Å². The zero-order valence-corrected chi connectivity index (χ0v) is 15.3. The van der Waals surface area contributed by atoms with Gasteiger partial charge in [0.25, 0.3) is 11.8 Å². The first-order valence-corrected chi connectivity index (χ1v) is 8.34. The number of nitrogens with two attached hydrogens (primary N) is 1. The van der Waals surface area contributed by atoms with Gasteiger partial charge in [0.2, 0.25) is 0 Å². The Morgan fingerprint density at radius 1 is 1.22 bits per heavy atom. The van der Waals surface area contributed by atoms with Crippen molar-refractivity contribution in [2.45, 2.75) is 6.92 Å². The Balaban J connectivity index is 2.34. The lowest BCUT2D eigenvalue weighted by atomic mass is 10.1. The van der Waals surface area contributed by atoms with Crippen molar-refractivity contribution in [1.82, 2.24) is 5.43 Å². The summed E-state index contributed by atoms with van der Waals surface area (Å²) in [6.45, 7) is 1.89. The Morgan fingerprint density at radius 3 is 2.52 bits per heavy atom. The van der Waals surface area contributed by atoms with Crippen LogP contribution in [0.1, 0.15) is 26.3 Å². The number of hydrogen-bond acceptors (Lipinski definition) is 5. The van der Waals surface area contributed by atoms with E-state index in [0.29, 0.717) is 16.1 Å². The molecule has 6 nitrogen and oxygen atoms in total. The van der Waals surface area contributed by atoms with Crippen LogP contribution in [-0.4, -0.2) is 25.9 Å². The van der Waals surface area contributed by atoms with Crippen molar-refractivity contribution in [3.8, 4) is 0 Å². The standard InChI is InChI=1S/C15H17BrN4O2S/c1-8-9(5-4-6-11(8)20(2)3)13(21)18-15-10(14(22)19-17)7-12(16)23-15/h4-7H,17H2,1-3H3,(H,18,21)(H,19,22). The van der Waals surface area contributed by atoms with Crippen LogP contribution in [0.25, 0.3) is 0 Å². The molecular weight excluding hydrogens is 380 g/mol. The second-order valence-electron chi connectivity index (χ2n) is 5.07. The summed E-state index contributed by atoms with van der Waals surface area (Å²) in [5, 5.41) is 3.23. The maximum Gasteiger partial charge on any atom is 0.268 e. The van der Waals surface area contributed by atoms with Crippen molar-refractivity contribution < 1.29 is 9.59 Å². The predicted octanol–water partition coefficient (Wildman–Crippen LogP) is 2.74. The number of carbonyl (C=O) groups excluding carboxylic acids is 2. The summed E-state index contributed by atoms with van der Waals surface area (Å²) in [5.74, 6) is 4.44. The molecule has 0 atom stereocenters. The largest absolute Gasteiger partial charge is 0.377 e. The zero-order valence-electron chi connectivity index (χ0n) is 12.9. The normalized spacial score (nSPS) is 10.3. The van der Waals surface area contributed by atoms with Gasteiger partial charge in [-0.05, 0) is 46.6 Å². The zero-order chi connectivity index (χ0) is 17.1. The molecule has 0 fully saturated rings. The Labute approximate surface area is 146 Å². The molecule has 0 spiro atoms. The van der Waals surface area contributed by atoms with E-state index in [4.69, 9.17) is 5.84 Å². The number of hydrazine groups is 1. The maximum absolute atomic E-state index is 12.6. The van der Waals surface area contributed by atoms with Gasteiger partial charge in [0.05, 0.1) is 9.35 Å². The average molecular weight is 397 g/mol. The molecule has 1 aromatic carbocycles. The van der Waals surface area contributed by atoms with Crippen LogP contribution in [-0.2, 0) is 0 Å². The summed E-state index contributed by atoms with van der Waals surface area (Å²) >= 11 is 4.57. The first-order valence-electron chi connectivity index (χ1n) is 6.73. The van der Waals surface area contributed by atoms with Gasteiger partial charge in [0.1, 0.15) is 5.00 Å². The molecule has 8 heteroatoms. The molecule has 0 aliphatic carbocycles. The van der Waals surface area contributed by atoms with Gasteiger partial charge in [0, 0.05) is 25.3 Å². The van der Waals surface area contributed by atoms with Gasteiger partial charge >= 0.3 is 0 Å². The summed E-state index contributed by atoms with van der Waals surface area (Å²) in [6.07, 6.45) is 0. The molecule has 1 heterocycles. The first-order chi connectivity index (χ1) is 10.8. The van der Waals surface area contributed by atoms with E-state index in [1.807, 2.05) is 38.1 Å². The molecular formula is C15H17BrN4O2S. The molecule has 4 N–H and O–H groups in total. The SMILES string of the molecule is Cc1c(C(=O)Nc2sc(Br)cc2C(=O)NN)cccc1N(C)C. The van der Waals surface area contributed by atoms with Crippen LogP contribution < -0.4 is 21.5 Å². The van der Waals surface area contributed by atoms with E-state index in [0.717, 1.165) is 15.0 Å². The predicted molar refractivity (Wildman–Crippen MR) is 97.1 cm³/mol. The molecule has 0 saturated heterocycles. The molecule has 2 aromatic rings. The third kappa shape index (κ3) is 3.72. The molecule has 122 valence electrons. The lowest BCUT2D eigenvalue weighted by Crippen LogP contribution is -2.30. The Bertz CT molecular complexity index is 758. The van der Waals surface area contributed by atoms with E-state index in [-0.39, 0.29) is 5.91 Å². The fourth-order valence-corrected chi connectivity index (χ4v) is 3.72. The number of thiophene rings is 1. The Kier molecular flexibility index (Phi) is 5.40. The second kappa shape index (κ2) is 7.12. The van der Waals surface area contributed by atoms with Crippen molar-refractivity contribution >= 4 is 49.8 Å². The minimum Gasteiger partial charge on any atom is -0.377 e. The molecule has 0 radical (unpaired) electrons. The van der Waals surface area contributed by atoms with Crippen LogP contribution in [0.4, 0.5) is 10.7 Å². The summed E-state index contributed by atoms with van der Waals surface area (Å²) in [5.41, 5.74) is 4.78. The molecule has 2 amide bonds. The summed E-state index contributed by atoms with van der Waals surface area (Å²) < 4.78 is 0.727. The number of halogens is 1. The van der Waals surface area contributed by atoms with Gasteiger partial charge in [-0.3, -0.25) is 15.0 Å². The van der Waals surface area contributed by atoms with Crippen LogP contribution in [0.5, 0.6) is 0 Å². The highest BCUT2D eigenvalue weighted by molar-refractivity contribution is 9.11. The van der Waals surface area contributed by atoms with E-state index in [9.17, 15) is 9.59 Å². The number of benzene rings is 1. The molecule has 1 aromatic heterocycles. The quantitative estimate of drug-likeness (QED) is 0.421. The van der Waals surface area contributed by atoms with Crippen LogP contribution in [0.15, 0.2) is 28.1 Å². The number of carbonyl (C=O) groups is 2. The number of hydrogen-bond donors (Lipinski definition) is 3. The smallest absolute Gasteiger partial charge is 0.268 e. The van der Waals surface area contributed by atoms with Crippen LogP contribution in [0, 0.1) is 6.92 Å². The number of nitrogen functional groups attached to an aromatic ring is 1. The number of nitrogens with zero attached hydrogens (tertiary/aromatic N) is 1. The van der Waals surface area contributed by atoms with Crippen LogP contribution in [0.2, 0.25) is 0 Å². The Morgan fingerprint density at radius 2 is 1.91 bits per heavy atom. The number of nitrogens with one attached hydrogen (secondary N) is 2. The van der Waals surface area contributed by atoms with Gasteiger partial charge in [-0.2, -0.15) is 0 Å². The van der Waals surface area contributed by atoms with Gasteiger partial charge in [0.15, 0.2) is 0 Å². The van der Waals surface area contributed by atoms with E-state index in [1.54, 1.807) is 12.1 Å². The topological polar surface area (TPSA) is 87.5 Å². The minimum absolute atomic E-state index is 0.272. The summed E-state index contributed by atoms with van der Waals surface area (Å²) in [4.78, 5) is 26.3. The lowest BCUT2D eigenvalue weighted by molar-refractivity contribution is 0.0955. The van der Waals surface area contributed by atoms with Gasteiger partial charge in [-0.1, -0.05) is 6.07 Å². The first kappa shape index (κ1) is 17.5. The summed E-state index contributed by atoms with van der Waals surface area (Å²) in [6, 6.07) is 7.14. The van der Waals surface area contributed by atoms with E-state index >= 15 is 0 Å². The van der Waals surface area contributed by atoms with Gasteiger partial charge < -0.3 is 10.2 Å². The molecule has 0 saturated carbocycles. The van der Waals surface area contributed by atoms with Gasteiger partial charge in [-0.15, -0.1) is 11.3 Å². The van der Waals surface area contributed by atoms with Crippen molar-refractivity contribution in [2.75, 3.05) is 24.3 Å². The van der Waals surface area contributed by atoms with Crippen molar-refractivity contribution in [3.05, 3.63) is 44.7 Å². The van der Waals surface area contributed by atoms with Crippen LogP contribution >= 0.6 is 27.3 Å². The van der Waals surface area contributed by atoms with E-state index < -0.39 is 5.91 Å². The van der Waals surface area contributed by atoms with Crippen molar-refractivity contribution in [3.63, 3.8) is 0 Å². The number of anilines is 2. The van der Waals surface area contributed by atoms with Crippen LogP contribution in [0.3, 0.4) is 0 Å². The number of amides is 2. The number of rotatable bonds is 4. The van der Waals surface area contributed by atoms with Crippen molar-refractivity contribution in [1.29, 1.82) is 0 Å². The molecule has 0 aliphatic heterocycles. The molecule has 0 bridgehead atoms. The summed E-state index contributed by atoms with van der Waals surface area (Å²) in [7, 11) is 3.84. The minimum atomic E-state index is -0.457. The van der Waals surface area contributed by atoms with Gasteiger partial charge in [-0.25, -0.2) is 5.84 Å². The highest BCUT2D eigenvalue weighted by Crippen LogP contribution is 2.33. The molecule has 23 heavy (non-hydrogen) atoms. The molecule has 2 rings (SSSR count). The highest BCUT2D eigenvalue weighted by atomic mass is 79.9. The fraction of sp³-hybridized carbons (Fsp3) is 0.200. The van der Waals surface area contributed by atoms with E-state index in [2.05, 4.69) is 26.7 Å². The van der Waals surface area contributed by atoms with Crippen molar-refractivity contribution in [2.24, 2.45) is 5.84 Å². The average Bonchev–Trinajstić information content (AvgIpc) is 2.86.